The van der Waals surface area contributed by atoms with E-state index in [2.05, 4.69) is 6.92 Å². The molecule has 0 N–H and O–H groups in total. The zero-order valence-electron chi connectivity index (χ0n) is 13.6. The zero-order chi connectivity index (χ0) is 16.6. The minimum absolute atomic E-state index is 0.169. The van der Waals surface area contributed by atoms with Crippen LogP contribution in [-0.2, 0) is 21.4 Å². The zero-order valence-corrected chi connectivity index (χ0v) is 13.6. The van der Waals surface area contributed by atoms with E-state index in [1.165, 1.54) is 7.05 Å². The molecule has 0 spiro atoms. The van der Waals surface area contributed by atoms with E-state index in [1.54, 1.807) is 0 Å². The average molecular weight is 312 g/mol. The van der Waals surface area contributed by atoms with Crippen LogP contribution in [-0.4, -0.2) is 34.9 Å². The number of benzene rings is 1. The SMILES string of the molecule is CCCCOC1=C(c2cn(C)c3ccccc23)C(=O)N(C)C1=O. The molecule has 2 heterocycles. The number of carbonyl (C=O) groups is 2. The molecule has 1 aromatic carbocycles. The van der Waals surface area contributed by atoms with Gasteiger partial charge in [0.15, 0.2) is 5.76 Å². The van der Waals surface area contributed by atoms with Gasteiger partial charge in [0.2, 0.25) is 0 Å². The van der Waals surface area contributed by atoms with Gasteiger partial charge in [-0.3, -0.25) is 14.5 Å². The number of carbonyl (C=O) groups excluding carboxylic acids is 2. The molecule has 5 heteroatoms. The van der Waals surface area contributed by atoms with Gasteiger partial charge < -0.3 is 9.30 Å². The average Bonchev–Trinajstić information content (AvgIpc) is 2.99. The van der Waals surface area contributed by atoms with E-state index in [-0.39, 0.29) is 17.6 Å². The Morgan fingerprint density at radius 2 is 1.83 bits per heavy atom. The van der Waals surface area contributed by atoms with E-state index in [0.717, 1.165) is 34.2 Å². The predicted molar refractivity (Wildman–Crippen MR) is 88.5 cm³/mol. The fraction of sp³-hybridized carbons (Fsp3) is 0.333. The minimum atomic E-state index is -0.367. The van der Waals surface area contributed by atoms with Gasteiger partial charge in [-0.05, 0) is 12.5 Å². The number of aryl methyl sites for hydroxylation is 1. The lowest BCUT2D eigenvalue weighted by atomic mass is 10.0. The monoisotopic (exact) mass is 312 g/mol. The normalized spacial score (nSPS) is 15.2. The summed E-state index contributed by atoms with van der Waals surface area (Å²) in [6, 6.07) is 7.82. The van der Waals surface area contributed by atoms with Gasteiger partial charge >= 0.3 is 0 Å². The molecule has 1 aliphatic rings. The summed E-state index contributed by atoms with van der Waals surface area (Å²) in [4.78, 5) is 26.0. The maximum atomic E-state index is 12.6. The molecule has 0 radical (unpaired) electrons. The third-order valence-electron chi connectivity index (χ3n) is 4.16. The number of ether oxygens (including phenoxy) is 1. The molecule has 0 saturated heterocycles. The summed E-state index contributed by atoms with van der Waals surface area (Å²) in [5, 5.41) is 0.943. The van der Waals surface area contributed by atoms with Crippen molar-refractivity contribution in [3.63, 3.8) is 0 Å². The van der Waals surface area contributed by atoms with Crippen molar-refractivity contribution in [1.29, 1.82) is 0 Å². The summed E-state index contributed by atoms with van der Waals surface area (Å²) >= 11 is 0. The van der Waals surface area contributed by atoms with Crippen LogP contribution in [0.5, 0.6) is 0 Å². The van der Waals surface area contributed by atoms with Crippen LogP contribution in [0.2, 0.25) is 0 Å². The summed E-state index contributed by atoms with van der Waals surface area (Å²) in [5.74, 6) is -0.505. The number of imide groups is 1. The first kappa shape index (κ1) is 15.3. The van der Waals surface area contributed by atoms with Crippen molar-refractivity contribution >= 4 is 28.3 Å². The molecule has 0 bridgehead atoms. The Morgan fingerprint density at radius 1 is 1.09 bits per heavy atom. The van der Waals surface area contributed by atoms with Crippen LogP contribution in [0.4, 0.5) is 0 Å². The van der Waals surface area contributed by atoms with Crippen LogP contribution in [0, 0.1) is 0 Å². The van der Waals surface area contributed by atoms with Crippen molar-refractivity contribution in [2.75, 3.05) is 13.7 Å². The summed E-state index contributed by atoms with van der Waals surface area (Å²) in [7, 11) is 3.42. The second-order valence-electron chi connectivity index (χ2n) is 5.75. The summed E-state index contributed by atoms with van der Waals surface area (Å²) in [5.41, 5.74) is 2.13. The molecule has 0 unspecified atom stereocenters. The van der Waals surface area contributed by atoms with Crippen molar-refractivity contribution in [1.82, 2.24) is 9.47 Å². The topological polar surface area (TPSA) is 51.5 Å². The van der Waals surface area contributed by atoms with E-state index in [0.29, 0.717) is 12.2 Å². The Bertz CT molecular complexity index is 817. The Kier molecular flexibility index (Phi) is 3.94. The van der Waals surface area contributed by atoms with Crippen LogP contribution in [0.3, 0.4) is 0 Å². The lowest BCUT2D eigenvalue weighted by Crippen LogP contribution is -2.27. The van der Waals surface area contributed by atoms with E-state index < -0.39 is 0 Å². The lowest BCUT2D eigenvalue weighted by molar-refractivity contribution is -0.136. The smallest absolute Gasteiger partial charge is 0.296 e. The van der Waals surface area contributed by atoms with Gasteiger partial charge in [0.05, 0.1) is 12.2 Å². The van der Waals surface area contributed by atoms with Crippen molar-refractivity contribution in [3.8, 4) is 0 Å². The Morgan fingerprint density at radius 3 is 2.57 bits per heavy atom. The first-order chi connectivity index (χ1) is 11.1. The standard InChI is InChI=1S/C18H20N2O3/c1-4-5-10-23-16-15(17(21)20(3)18(16)22)13-11-19(2)14-9-7-6-8-12(13)14/h6-9,11H,4-5,10H2,1-3H3. The first-order valence-electron chi connectivity index (χ1n) is 7.80. The Balaban J connectivity index is 2.15. The van der Waals surface area contributed by atoms with Gasteiger partial charge in [-0.25, -0.2) is 0 Å². The van der Waals surface area contributed by atoms with E-state index in [9.17, 15) is 9.59 Å². The molecule has 0 aliphatic carbocycles. The van der Waals surface area contributed by atoms with Crippen LogP contribution < -0.4 is 0 Å². The number of rotatable bonds is 5. The van der Waals surface area contributed by atoms with Crippen molar-refractivity contribution in [2.45, 2.75) is 19.8 Å². The summed E-state index contributed by atoms with van der Waals surface area (Å²) < 4.78 is 7.64. The number of hydrogen-bond acceptors (Lipinski definition) is 3. The maximum Gasteiger partial charge on any atom is 0.296 e. The predicted octanol–water partition coefficient (Wildman–Crippen LogP) is 2.70. The highest BCUT2D eigenvalue weighted by atomic mass is 16.5. The molecule has 0 atom stereocenters. The van der Waals surface area contributed by atoms with Gasteiger partial charge in [-0.1, -0.05) is 31.5 Å². The third kappa shape index (κ3) is 2.42. The van der Waals surface area contributed by atoms with Gasteiger partial charge in [-0.2, -0.15) is 0 Å². The molecule has 1 aliphatic heterocycles. The van der Waals surface area contributed by atoms with Crippen molar-refractivity contribution < 1.29 is 14.3 Å². The van der Waals surface area contributed by atoms with E-state index in [1.807, 2.05) is 42.1 Å². The Hall–Kier alpha value is -2.56. The van der Waals surface area contributed by atoms with E-state index >= 15 is 0 Å². The number of aromatic nitrogens is 1. The number of fused-ring (bicyclic) bond motifs is 1. The van der Waals surface area contributed by atoms with Gasteiger partial charge in [0, 0.05) is 36.8 Å². The largest absolute Gasteiger partial charge is 0.487 e. The highest BCUT2D eigenvalue weighted by Crippen LogP contribution is 2.34. The molecule has 1 aromatic heterocycles. The second-order valence-corrected chi connectivity index (χ2v) is 5.75. The molecule has 3 rings (SSSR count). The molecule has 0 fully saturated rings. The van der Waals surface area contributed by atoms with Crippen molar-refractivity contribution in [2.24, 2.45) is 7.05 Å². The molecule has 2 amide bonds. The number of amides is 2. The highest BCUT2D eigenvalue weighted by molar-refractivity contribution is 6.36. The van der Waals surface area contributed by atoms with Gasteiger partial charge in [-0.15, -0.1) is 0 Å². The third-order valence-corrected chi connectivity index (χ3v) is 4.16. The van der Waals surface area contributed by atoms with Gasteiger partial charge in [0.1, 0.15) is 0 Å². The molecule has 5 nitrogen and oxygen atoms in total. The fourth-order valence-electron chi connectivity index (χ4n) is 2.85. The molecule has 0 saturated carbocycles. The molecular weight excluding hydrogens is 292 g/mol. The minimum Gasteiger partial charge on any atom is -0.487 e. The molecule has 2 aromatic rings. The summed E-state index contributed by atoms with van der Waals surface area (Å²) in [6.45, 7) is 2.49. The fourth-order valence-corrected chi connectivity index (χ4v) is 2.85. The first-order valence-corrected chi connectivity index (χ1v) is 7.80. The number of likely N-dealkylation sites (N-methyl/N-ethyl adjacent to an activating group) is 1. The second kappa shape index (κ2) is 5.91. The van der Waals surface area contributed by atoms with Crippen LogP contribution in [0.25, 0.3) is 16.5 Å². The number of unbranched alkanes of at least 4 members (excludes halogenated alkanes) is 1. The molecule has 120 valence electrons. The maximum absolute atomic E-state index is 12.6. The van der Waals surface area contributed by atoms with Crippen LogP contribution in [0.15, 0.2) is 36.2 Å². The van der Waals surface area contributed by atoms with Crippen molar-refractivity contribution in [3.05, 3.63) is 41.8 Å². The quantitative estimate of drug-likeness (QED) is 0.630. The van der Waals surface area contributed by atoms with E-state index in [4.69, 9.17) is 4.74 Å². The van der Waals surface area contributed by atoms with Gasteiger partial charge in [0.25, 0.3) is 11.8 Å². The molecular formula is C18H20N2O3. The number of nitrogens with zero attached hydrogens (tertiary/aromatic N) is 2. The summed E-state index contributed by atoms with van der Waals surface area (Å²) in [6.07, 6.45) is 3.69. The lowest BCUT2D eigenvalue weighted by Gasteiger charge is -2.07. The van der Waals surface area contributed by atoms with Crippen LogP contribution >= 0.6 is 0 Å². The number of para-hydroxylation sites is 1. The molecule has 23 heavy (non-hydrogen) atoms. The van der Waals surface area contributed by atoms with Crippen LogP contribution in [0.1, 0.15) is 25.3 Å². The number of hydrogen-bond donors (Lipinski definition) is 0. The Labute approximate surface area is 135 Å². The highest BCUT2D eigenvalue weighted by Gasteiger charge is 2.39.